The van der Waals surface area contributed by atoms with Gasteiger partial charge in [0.15, 0.2) is 0 Å². The molecule has 1 atom stereocenters. The molecule has 130 valence electrons. The molecule has 1 aromatic carbocycles. The van der Waals surface area contributed by atoms with Crippen molar-refractivity contribution >= 4 is 23.5 Å². The highest BCUT2D eigenvalue weighted by molar-refractivity contribution is 6.30. The van der Waals surface area contributed by atoms with Crippen LogP contribution >= 0.6 is 11.6 Å². The average molecular weight is 356 g/mol. The highest BCUT2D eigenvalue weighted by Gasteiger charge is 2.29. The minimum Gasteiger partial charge on any atom is -0.389 e. The summed E-state index contributed by atoms with van der Waals surface area (Å²) in [5.41, 5.74) is 3.12. The van der Waals surface area contributed by atoms with Gasteiger partial charge in [-0.1, -0.05) is 29.8 Å². The van der Waals surface area contributed by atoms with Gasteiger partial charge >= 0.3 is 0 Å². The second-order valence-corrected chi connectivity index (χ2v) is 7.34. The van der Waals surface area contributed by atoms with Crippen molar-refractivity contribution in [2.45, 2.75) is 32.5 Å². The van der Waals surface area contributed by atoms with Crippen LogP contribution in [0.4, 0.5) is 0 Å². The van der Waals surface area contributed by atoms with Crippen LogP contribution in [0.5, 0.6) is 0 Å². The summed E-state index contributed by atoms with van der Waals surface area (Å²) in [5, 5.41) is 11.1. The van der Waals surface area contributed by atoms with Gasteiger partial charge in [0.25, 0.3) is 0 Å². The Morgan fingerprint density at radius 3 is 2.48 bits per heavy atom. The Hall–Kier alpha value is -2.17. The van der Waals surface area contributed by atoms with Crippen molar-refractivity contribution in [3.8, 4) is 0 Å². The molecule has 0 radical (unpaired) electrons. The van der Waals surface area contributed by atoms with E-state index in [2.05, 4.69) is 14.9 Å². The van der Waals surface area contributed by atoms with Gasteiger partial charge in [-0.05, 0) is 50.6 Å². The molecular weight excluding hydrogens is 334 g/mol. The number of aromatic nitrogens is 1. The largest absolute Gasteiger partial charge is 0.389 e. The van der Waals surface area contributed by atoms with Crippen LogP contribution in [0.15, 0.2) is 53.7 Å². The fraction of sp³-hybridized carbons (Fsp3) is 0.300. The Morgan fingerprint density at radius 1 is 1.16 bits per heavy atom. The van der Waals surface area contributed by atoms with E-state index in [0.29, 0.717) is 11.6 Å². The van der Waals surface area contributed by atoms with Crippen LogP contribution in [0.1, 0.15) is 36.8 Å². The van der Waals surface area contributed by atoms with E-state index in [4.69, 9.17) is 11.6 Å². The normalized spacial score (nSPS) is 17.6. The van der Waals surface area contributed by atoms with Gasteiger partial charge < -0.3 is 10.0 Å². The number of hydrogen-bond acceptors (Lipinski definition) is 4. The Labute approximate surface area is 153 Å². The summed E-state index contributed by atoms with van der Waals surface area (Å²) in [5.74, 6) is 0. The average Bonchev–Trinajstić information content (AvgIpc) is 2.55. The van der Waals surface area contributed by atoms with Gasteiger partial charge in [0.1, 0.15) is 6.17 Å². The second kappa shape index (κ2) is 6.98. The zero-order valence-electron chi connectivity index (χ0n) is 14.6. The molecule has 0 amide bonds. The Kier molecular flexibility index (Phi) is 4.93. The van der Waals surface area contributed by atoms with Gasteiger partial charge in [0.05, 0.1) is 5.60 Å². The number of benzene rings is 1. The summed E-state index contributed by atoms with van der Waals surface area (Å²) in [7, 11) is 0. The van der Waals surface area contributed by atoms with E-state index in [1.807, 2.05) is 61.8 Å². The first-order valence-electron chi connectivity index (χ1n) is 8.24. The highest BCUT2D eigenvalue weighted by atomic mass is 35.5. The number of aliphatic hydroxyl groups is 1. The minimum atomic E-state index is -0.866. The third kappa shape index (κ3) is 4.27. The standard InChI is InChI=1S/C20H22ClN3O/c1-14-4-5-16(12-23-14)19-22-11-10-18(24(19)13-20(2,3)25)15-6-8-17(21)9-7-15/h4-12,19,25H,13H2,1-3H3. The molecule has 25 heavy (non-hydrogen) atoms. The topological polar surface area (TPSA) is 48.7 Å². The SMILES string of the molecule is Cc1ccc(C2N=CC=C(c3ccc(Cl)cc3)N2CC(C)(C)O)cn1. The van der Waals surface area contributed by atoms with E-state index in [1.165, 1.54) is 0 Å². The molecule has 1 N–H and O–H groups in total. The van der Waals surface area contributed by atoms with Crippen molar-refractivity contribution in [2.24, 2.45) is 4.99 Å². The maximum Gasteiger partial charge on any atom is 0.148 e. The van der Waals surface area contributed by atoms with Gasteiger partial charge in [-0.25, -0.2) is 0 Å². The van der Waals surface area contributed by atoms with Crippen molar-refractivity contribution in [3.05, 3.63) is 70.5 Å². The molecule has 1 aliphatic rings. The molecule has 0 fully saturated rings. The Morgan fingerprint density at radius 2 is 1.88 bits per heavy atom. The first kappa shape index (κ1) is 17.6. The predicted molar refractivity (Wildman–Crippen MR) is 103 cm³/mol. The number of aryl methyl sites for hydroxylation is 1. The number of allylic oxidation sites excluding steroid dienone is 1. The maximum absolute atomic E-state index is 10.4. The van der Waals surface area contributed by atoms with Crippen molar-refractivity contribution in [1.29, 1.82) is 0 Å². The lowest BCUT2D eigenvalue weighted by atomic mass is 10.0. The van der Waals surface area contributed by atoms with Gasteiger partial charge in [-0.15, -0.1) is 0 Å². The second-order valence-electron chi connectivity index (χ2n) is 6.90. The third-order valence-corrected chi connectivity index (χ3v) is 4.25. The van der Waals surface area contributed by atoms with Crippen LogP contribution in [0.3, 0.4) is 0 Å². The van der Waals surface area contributed by atoms with Crippen LogP contribution in [0.25, 0.3) is 5.70 Å². The van der Waals surface area contributed by atoms with Gasteiger partial charge in [0, 0.05) is 40.9 Å². The summed E-state index contributed by atoms with van der Waals surface area (Å²) >= 11 is 6.03. The molecule has 0 aliphatic carbocycles. The minimum absolute atomic E-state index is 0.227. The lowest BCUT2D eigenvalue weighted by Gasteiger charge is -2.38. The quantitative estimate of drug-likeness (QED) is 0.892. The van der Waals surface area contributed by atoms with E-state index >= 15 is 0 Å². The molecular formula is C20H22ClN3O. The van der Waals surface area contributed by atoms with Crippen molar-refractivity contribution in [3.63, 3.8) is 0 Å². The van der Waals surface area contributed by atoms with E-state index < -0.39 is 5.60 Å². The monoisotopic (exact) mass is 355 g/mol. The summed E-state index contributed by atoms with van der Waals surface area (Å²) in [6.07, 6.45) is 5.40. The molecule has 0 saturated heterocycles. The molecule has 2 heterocycles. The maximum atomic E-state index is 10.4. The molecule has 5 heteroatoms. The molecule has 1 unspecified atom stereocenters. The molecule has 1 aliphatic heterocycles. The summed E-state index contributed by atoms with van der Waals surface area (Å²) < 4.78 is 0. The van der Waals surface area contributed by atoms with Crippen LogP contribution in [-0.4, -0.2) is 33.4 Å². The molecule has 0 spiro atoms. The number of pyridine rings is 1. The fourth-order valence-corrected chi connectivity index (χ4v) is 3.00. The molecule has 3 rings (SSSR count). The van der Waals surface area contributed by atoms with Crippen molar-refractivity contribution in [1.82, 2.24) is 9.88 Å². The van der Waals surface area contributed by atoms with Crippen molar-refractivity contribution in [2.75, 3.05) is 6.54 Å². The van der Waals surface area contributed by atoms with Crippen LogP contribution in [0.2, 0.25) is 5.02 Å². The number of β-amino-alcohol motifs (C(OH)–C–C–N with tert-alkyl or cyclic N) is 1. The van der Waals surface area contributed by atoms with Gasteiger partial charge in [0.2, 0.25) is 0 Å². The van der Waals surface area contributed by atoms with Crippen molar-refractivity contribution < 1.29 is 5.11 Å². The zero-order valence-corrected chi connectivity index (χ0v) is 15.4. The van der Waals surface area contributed by atoms with E-state index in [0.717, 1.165) is 22.5 Å². The lowest BCUT2D eigenvalue weighted by Crippen LogP contribution is -2.40. The molecule has 4 nitrogen and oxygen atoms in total. The van der Waals surface area contributed by atoms with Crippen LogP contribution < -0.4 is 0 Å². The summed E-state index contributed by atoms with van der Waals surface area (Å²) in [6.45, 7) is 6.00. The predicted octanol–water partition coefficient (Wildman–Crippen LogP) is 4.24. The zero-order chi connectivity index (χ0) is 18.0. The summed E-state index contributed by atoms with van der Waals surface area (Å²) in [6, 6.07) is 11.7. The summed E-state index contributed by atoms with van der Waals surface area (Å²) in [4.78, 5) is 11.1. The first-order valence-corrected chi connectivity index (χ1v) is 8.62. The highest BCUT2D eigenvalue weighted by Crippen LogP contribution is 2.34. The molecule has 1 aromatic heterocycles. The number of halogens is 1. The number of nitrogens with zero attached hydrogens (tertiary/aromatic N) is 3. The molecule has 0 bridgehead atoms. The van der Waals surface area contributed by atoms with Gasteiger partial charge in [-0.3, -0.25) is 9.98 Å². The number of hydrogen-bond donors (Lipinski definition) is 1. The van der Waals surface area contributed by atoms with E-state index in [-0.39, 0.29) is 6.17 Å². The van der Waals surface area contributed by atoms with Gasteiger partial charge in [-0.2, -0.15) is 0 Å². The Bertz CT molecular complexity index is 789. The van der Waals surface area contributed by atoms with E-state index in [9.17, 15) is 5.11 Å². The fourth-order valence-electron chi connectivity index (χ4n) is 2.87. The van der Waals surface area contributed by atoms with E-state index in [1.54, 1.807) is 13.8 Å². The number of rotatable bonds is 4. The first-order chi connectivity index (χ1) is 11.8. The third-order valence-electron chi connectivity index (χ3n) is 3.99. The van der Waals surface area contributed by atoms with Crippen LogP contribution in [0, 0.1) is 6.92 Å². The number of aliphatic imine (C=N–C) groups is 1. The Balaban J connectivity index is 2.01. The van der Waals surface area contributed by atoms with Crippen LogP contribution in [-0.2, 0) is 0 Å². The molecule has 0 saturated carbocycles. The lowest BCUT2D eigenvalue weighted by molar-refractivity contribution is 0.0431. The molecule has 2 aromatic rings. The smallest absolute Gasteiger partial charge is 0.148 e.